The molecule has 0 saturated heterocycles. The average molecular weight is 393 g/mol. The summed E-state index contributed by atoms with van der Waals surface area (Å²) in [5.41, 5.74) is 0.729. The van der Waals surface area contributed by atoms with Gasteiger partial charge in [0.2, 0.25) is 0 Å². The molecule has 0 unspecified atom stereocenters. The SMILES string of the molecule is Cc1c(OCc2ncc(Br)cn2)ccc(C(=O)CC(C)(C)C)c1O. The Morgan fingerprint density at radius 3 is 2.46 bits per heavy atom. The Bertz CT molecular complexity index is 737. The number of aromatic hydroxyl groups is 1. The van der Waals surface area contributed by atoms with E-state index >= 15 is 0 Å². The normalized spacial score (nSPS) is 11.4. The van der Waals surface area contributed by atoms with Crippen LogP contribution in [0.4, 0.5) is 0 Å². The maximum Gasteiger partial charge on any atom is 0.167 e. The predicted molar refractivity (Wildman–Crippen MR) is 95.3 cm³/mol. The molecule has 0 amide bonds. The van der Waals surface area contributed by atoms with E-state index in [9.17, 15) is 9.90 Å². The van der Waals surface area contributed by atoms with Crippen LogP contribution in [0.3, 0.4) is 0 Å². The minimum absolute atomic E-state index is 0.0292. The lowest BCUT2D eigenvalue weighted by atomic mass is 9.87. The van der Waals surface area contributed by atoms with Gasteiger partial charge in [0.05, 0.1) is 10.0 Å². The molecule has 24 heavy (non-hydrogen) atoms. The Labute approximate surface area is 150 Å². The van der Waals surface area contributed by atoms with Crippen LogP contribution in [0.5, 0.6) is 11.5 Å². The van der Waals surface area contributed by atoms with Crippen molar-refractivity contribution in [1.29, 1.82) is 0 Å². The first kappa shape index (κ1) is 18.4. The van der Waals surface area contributed by atoms with E-state index in [-0.39, 0.29) is 23.6 Å². The summed E-state index contributed by atoms with van der Waals surface area (Å²) in [5, 5.41) is 10.3. The van der Waals surface area contributed by atoms with E-state index in [1.54, 1.807) is 31.5 Å². The first-order valence-electron chi connectivity index (χ1n) is 7.62. The molecule has 0 bridgehead atoms. The number of carbonyl (C=O) groups is 1. The van der Waals surface area contributed by atoms with Crippen molar-refractivity contribution in [3.8, 4) is 11.5 Å². The van der Waals surface area contributed by atoms with Crippen LogP contribution in [0.1, 0.15) is 48.9 Å². The molecular formula is C18H21BrN2O3. The zero-order chi connectivity index (χ0) is 17.9. The number of phenolic OH excluding ortho intramolecular Hbond substituents is 1. The summed E-state index contributed by atoms with van der Waals surface area (Å²) in [4.78, 5) is 20.6. The molecule has 0 fully saturated rings. The number of Topliss-reactive ketones (excluding diaryl/α,β-unsaturated/α-hetero) is 1. The van der Waals surface area contributed by atoms with Gasteiger partial charge in [-0.1, -0.05) is 20.8 Å². The summed E-state index contributed by atoms with van der Waals surface area (Å²) in [6.45, 7) is 7.88. The summed E-state index contributed by atoms with van der Waals surface area (Å²) >= 11 is 3.27. The number of halogens is 1. The summed E-state index contributed by atoms with van der Waals surface area (Å²) < 4.78 is 6.46. The van der Waals surface area contributed by atoms with E-state index in [0.29, 0.717) is 29.1 Å². The summed E-state index contributed by atoms with van der Waals surface area (Å²) in [6.07, 6.45) is 3.65. The number of carbonyl (C=O) groups excluding carboxylic acids is 1. The van der Waals surface area contributed by atoms with Crippen LogP contribution in [0.2, 0.25) is 0 Å². The maximum absolute atomic E-state index is 12.3. The van der Waals surface area contributed by atoms with E-state index in [4.69, 9.17) is 4.74 Å². The Morgan fingerprint density at radius 1 is 1.25 bits per heavy atom. The summed E-state index contributed by atoms with van der Waals surface area (Å²) in [7, 11) is 0. The third-order valence-corrected chi connectivity index (χ3v) is 3.81. The lowest BCUT2D eigenvalue weighted by Gasteiger charge is -2.18. The molecule has 128 valence electrons. The van der Waals surface area contributed by atoms with Crippen molar-refractivity contribution in [3.63, 3.8) is 0 Å². The standard InChI is InChI=1S/C18H21BrN2O3/c1-11-15(24-10-16-20-8-12(19)9-21-16)6-5-13(17(11)23)14(22)7-18(2,3)4/h5-6,8-9,23H,7,10H2,1-4H3. The Kier molecular flexibility index (Phi) is 5.59. The van der Waals surface area contributed by atoms with E-state index in [0.717, 1.165) is 4.47 Å². The van der Waals surface area contributed by atoms with Crippen molar-refractivity contribution in [2.24, 2.45) is 5.41 Å². The molecule has 1 aromatic heterocycles. The topological polar surface area (TPSA) is 72.3 Å². The zero-order valence-electron chi connectivity index (χ0n) is 14.3. The number of aromatic nitrogens is 2. The first-order valence-corrected chi connectivity index (χ1v) is 8.41. The smallest absolute Gasteiger partial charge is 0.167 e. The number of benzene rings is 1. The fourth-order valence-corrected chi connectivity index (χ4v) is 2.40. The molecule has 0 aliphatic rings. The third-order valence-electron chi connectivity index (χ3n) is 3.40. The number of hydrogen-bond donors (Lipinski definition) is 1. The fraction of sp³-hybridized carbons (Fsp3) is 0.389. The van der Waals surface area contributed by atoms with Crippen LogP contribution in [-0.4, -0.2) is 20.9 Å². The molecule has 2 aromatic rings. The van der Waals surface area contributed by atoms with Crippen LogP contribution in [0, 0.1) is 12.3 Å². The van der Waals surface area contributed by atoms with Crippen LogP contribution in [-0.2, 0) is 6.61 Å². The quantitative estimate of drug-likeness (QED) is 0.760. The number of ketones is 1. The second-order valence-electron chi connectivity index (χ2n) is 6.85. The van der Waals surface area contributed by atoms with Crippen LogP contribution < -0.4 is 4.74 Å². The molecule has 1 N–H and O–H groups in total. The molecular weight excluding hydrogens is 372 g/mol. The van der Waals surface area contributed by atoms with Crippen molar-refractivity contribution in [3.05, 3.63) is 46.0 Å². The second kappa shape index (κ2) is 7.30. The van der Waals surface area contributed by atoms with Gasteiger partial charge in [-0.05, 0) is 40.4 Å². The maximum atomic E-state index is 12.3. The molecule has 0 spiro atoms. The molecule has 5 nitrogen and oxygen atoms in total. The molecule has 6 heteroatoms. The van der Waals surface area contributed by atoms with Crippen molar-refractivity contribution < 1.29 is 14.6 Å². The molecule has 0 radical (unpaired) electrons. The van der Waals surface area contributed by atoms with Crippen molar-refractivity contribution in [2.75, 3.05) is 0 Å². The predicted octanol–water partition coefficient (Wildman–Crippen LogP) is 4.45. The summed E-state index contributed by atoms with van der Waals surface area (Å²) in [6, 6.07) is 3.30. The van der Waals surface area contributed by atoms with Gasteiger partial charge in [0.25, 0.3) is 0 Å². The molecule has 0 atom stereocenters. The van der Waals surface area contributed by atoms with Gasteiger partial charge < -0.3 is 9.84 Å². The van der Waals surface area contributed by atoms with Gasteiger partial charge in [0.1, 0.15) is 18.1 Å². The van der Waals surface area contributed by atoms with Crippen LogP contribution >= 0.6 is 15.9 Å². The average Bonchev–Trinajstić information content (AvgIpc) is 2.48. The largest absolute Gasteiger partial charge is 0.507 e. The van der Waals surface area contributed by atoms with Gasteiger partial charge in [-0.25, -0.2) is 9.97 Å². The fourth-order valence-electron chi connectivity index (χ4n) is 2.20. The Balaban J connectivity index is 2.14. The highest BCUT2D eigenvalue weighted by Crippen LogP contribution is 2.33. The van der Waals surface area contributed by atoms with Gasteiger partial charge in [-0.15, -0.1) is 0 Å². The third kappa shape index (κ3) is 4.77. The van der Waals surface area contributed by atoms with E-state index in [1.165, 1.54) is 0 Å². The highest BCUT2D eigenvalue weighted by atomic mass is 79.9. The highest BCUT2D eigenvalue weighted by molar-refractivity contribution is 9.10. The molecule has 2 rings (SSSR count). The van der Waals surface area contributed by atoms with E-state index in [1.807, 2.05) is 20.8 Å². The second-order valence-corrected chi connectivity index (χ2v) is 7.77. The van der Waals surface area contributed by atoms with Crippen LogP contribution in [0.25, 0.3) is 0 Å². The van der Waals surface area contributed by atoms with E-state index in [2.05, 4.69) is 25.9 Å². The van der Waals surface area contributed by atoms with Crippen molar-refractivity contribution in [2.45, 2.75) is 40.7 Å². The molecule has 0 saturated carbocycles. The van der Waals surface area contributed by atoms with Gasteiger partial charge in [-0.2, -0.15) is 0 Å². The Hall–Kier alpha value is -1.95. The number of nitrogens with zero attached hydrogens (tertiary/aromatic N) is 2. The van der Waals surface area contributed by atoms with Gasteiger partial charge >= 0.3 is 0 Å². The molecule has 1 heterocycles. The number of phenols is 1. The number of rotatable bonds is 5. The van der Waals surface area contributed by atoms with Gasteiger partial charge in [0, 0.05) is 24.4 Å². The van der Waals surface area contributed by atoms with E-state index < -0.39 is 0 Å². The minimum atomic E-state index is -0.133. The summed E-state index contributed by atoms with van der Waals surface area (Å²) in [5.74, 6) is 0.931. The lowest BCUT2D eigenvalue weighted by Crippen LogP contribution is -2.13. The number of ether oxygens (including phenoxy) is 1. The van der Waals surface area contributed by atoms with Crippen molar-refractivity contribution >= 4 is 21.7 Å². The van der Waals surface area contributed by atoms with Crippen LogP contribution in [0.15, 0.2) is 29.0 Å². The van der Waals surface area contributed by atoms with Gasteiger partial charge in [-0.3, -0.25) is 4.79 Å². The number of hydrogen-bond acceptors (Lipinski definition) is 5. The van der Waals surface area contributed by atoms with Gasteiger partial charge in [0.15, 0.2) is 11.6 Å². The zero-order valence-corrected chi connectivity index (χ0v) is 15.8. The lowest BCUT2D eigenvalue weighted by molar-refractivity contribution is 0.0937. The first-order chi connectivity index (χ1) is 11.2. The Morgan fingerprint density at radius 2 is 1.88 bits per heavy atom. The minimum Gasteiger partial charge on any atom is -0.507 e. The molecule has 1 aromatic carbocycles. The monoisotopic (exact) mass is 392 g/mol. The van der Waals surface area contributed by atoms with Crippen molar-refractivity contribution in [1.82, 2.24) is 9.97 Å². The molecule has 0 aliphatic carbocycles. The highest BCUT2D eigenvalue weighted by Gasteiger charge is 2.21. The molecule has 0 aliphatic heterocycles.